The predicted octanol–water partition coefficient (Wildman–Crippen LogP) is 4.05. The minimum atomic E-state index is -4.48. The van der Waals surface area contributed by atoms with E-state index in [0.29, 0.717) is 17.7 Å². The topological polar surface area (TPSA) is 86.7 Å². The van der Waals surface area contributed by atoms with E-state index < -0.39 is 20.8 Å². The van der Waals surface area contributed by atoms with Crippen LogP contribution in [0.2, 0.25) is 0 Å². The van der Waals surface area contributed by atoms with Crippen molar-refractivity contribution in [3.05, 3.63) is 48.0 Å². The van der Waals surface area contributed by atoms with Crippen LogP contribution in [0.3, 0.4) is 0 Å². The fraction of sp³-hybridized carbons (Fsp3) is 0.538. The van der Waals surface area contributed by atoms with Crippen LogP contribution in [0.5, 0.6) is 17.2 Å². The smallest absolute Gasteiger partial charge is 0.872 e. The monoisotopic (exact) mass is 500 g/mol. The van der Waals surface area contributed by atoms with Crippen molar-refractivity contribution in [3.63, 3.8) is 0 Å². The summed E-state index contributed by atoms with van der Waals surface area (Å²) < 4.78 is 38.2. The van der Waals surface area contributed by atoms with Gasteiger partial charge in [-0.2, -0.15) is 8.42 Å². The molecule has 0 heterocycles. The molecule has 0 unspecified atom stereocenters. The molecular weight excluding hydrogens is 463 g/mol. The van der Waals surface area contributed by atoms with Crippen LogP contribution in [0.4, 0.5) is 0 Å². The van der Waals surface area contributed by atoms with Gasteiger partial charge in [-0.05, 0) is 36.6 Å². The van der Waals surface area contributed by atoms with Gasteiger partial charge in [0.05, 0.1) is 4.90 Å². The van der Waals surface area contributed by atoms with Crippen LogP contribution >= 0.6 is 0 Å². The second-order valence-electron chi connectivity index (χ2n) is 8.43. The van der Waals surface area contributed by atoms with E-state index in [1.165, 1.54) is 63.9 Å². The van der Waals surface area contributed by atoms with Crippen molar-refractivity contribution >= 4 is 10.1 Å². The maximum Gasteiger partial charge on any atom is 1.00 e. The minimum absolute atomic E-state index is 0. The Balaban J connectivity index is 0.00000544. The van der Waals surface area contributed by atoms with E-state index in [-0.39, 0.29) is 57.1 Å². The third kappa shape index (κ3) is 12.2. The van der Waals surface area contributed by atoms with Gasteiger partial charge in [0, 0.05) is 6.07 Å². The molecule has 7 heteroatoms. The summed E-state index contributed by atoms with van der Waals surface area (Å²) >= 11 is 0. The molecule has 0 saturated heterocycles. The van der Waals surface area contributed by atoms with Crippen molar-refractivity contribution in [1.82, 2.24) is 0 Å². The Morgan fingerprint density at radius 1 is 0.818 bits per heavy atom. The molecule has 5 nitrogen and oxygen atoms in total. The first kappa shape index (κ1) is 30.6. The van der Waals surface area contributed by atoms with E-state index in [1.54, 1.807) is 24.3 Å². The summed E-state index contributed by atoms with van der Waals surface area (Å²) in [5, 5.41) is 12.6. The predicted molar refractivity (Wildman–Crippen MR) is 127 cm³/mol. The summed E-state index contributed by atoms with van der Waals surface area (Å²) in [7, 11) is -4.48. The third-order valence-corrected chi connectivity index (χ3v) is 6.52. The van der Waals surface area contributed by atoms with Gasteiger partial charge in [-0.25, -0.2) is 0 Å². The van der Waals surface area contributed by atoms with Crippen molar-refractivity contribution < 1.29 is 74.2 Å². The second-order valence-corrected chi connectivity index (χ2v) is 9.85. The summed E-state index contributed by atoms with van der Waals surface area (Å²) in [6.45, 7) is 2.24. The van der Waals surface area contributed by atoms with Gasteiger partial charge in [0.2, 0.25) is 0 Å². The molecule has 0 aliphatic carbocycles. The molecule has 0 atom stereocenters. The molecule has 1 N–H and O–H groups in total. The van der Waals surface area contributed by atoms with E-state index >= 15 is 0 Å². The summed E-state index contributed by atoms with van der Waals surface area (Å²) in [5.41, 5.74) is 0.452. The Bertz CT molecular complexity index is 900. The molecule has 33 heavy (non-hydrogen) atoms. The minimum Gasteiger partial charge on any atom is -0.872 e. The summed E-state index contributed by atoms with van der Waals surface area (Å²) in [4.78, 5) is -0.438. The van der Waals surface area contributed by atoms with Crippen molar-refractivity contribution in [2.24, 2.45) is 0 Å². The molecule has 0 bridgehead atoms. The van der Waals surface area contributed by atoms with E-state index in [2.05, 4.69) is 6.92 Å². The van der Waals surface area contributed by atoms with Crippen molar-refractivity contribution in [3.8, 4) is 17.2 Å². The first-order chi connectivity index (χ1) is 15.4. The molecule has 2 aromatic carbocycles. The van der Waals surface area contributed by atoms with E-state index in [1.807, 2.05) is 6.07 Å². The molecule has 0 aliphatic heterocycles. The molecule has 0 fully saturated rings. The van der Waals surface area contributed by atoms with Gasteiger partial charge in [0.15, 0.2) is 0 Å². The molecule has 0 aliphatic rings. The van der Waals surface area contributed by atoms with Gasteiger partial charge in [-0.3, -0.25) is 4.55 Å². The maximum absolute atomic E-state index is 12.6. The second kappa shape index (κ2) is 17.1. The summed E-state index contributed by atoms with van der Waals surface area (Å²) in [6, 6.07) is 11.1. The summed E-state index contributed by atoms with van der Waals surface area (Å²) in [6.07, 6.45) is 15.3. The van der Waals surface area contributed by atoms with Crippen LogP contribution in [0.1, 0.15) is 89.5 Å². The zero-order valence-corrected chi connectivity index (χ0v) is 24.2. The Morgan fingerprint density at radius 3 is 1.85 bits per heavy atom. The zero-order valence-electron chi connectivity index (χ0n) is 20.2. The van der Waals surface area contributed by atoms with Crippen LogP contribution < -0.4 is 61.2 Å². The fourth-order valence-electron chi connectivity index (χ4n) is 3.84. The number of unbranched alkanes of at least 4 members (excludes halogenated alkanes) is 11. The van der Waals surface area contributed by atoms with Gasteiger partial charge in [0.1, 0.15) is 11.5 Å². The third-order valence-electron chi connectivity index (χ3n) is 5.69. The zero-order chi connectivity index (χ0) is 23.2. The van der Waals surface area contributed by atoms with Gasteiger partial charge >= 0.3 is 51.4 Å². The quantitative estimate of drug-likeness (QED) is 0.213. The number of benzene rings is 2. The standard InChI is InChI=1S/C26H38O5S.K/c1-2-3-4-5-6-7-8-9-10-11-12-16-19-24-25(27)20-23(32(28,29)30)21-26(24)31-22-17-14-13-15-18-22;/h13-15,17-18,20-21,27H,2-12,16,19H2,1H3,(H,28,29,30);/q;+1/p-1. The number of rotatable bonds is 16. The molecule has 0 aromatic heterocycles. The van der Waals surface area contributed by atoms with Crippen molar-refractivity contribution in [2.45, 2.75) is 95.3 Å². The average Bonchev–Trinajstić information content (AvgIpc) is 2.76. The average molecular weight is 501 g/mol. The Morgan fingerprint density at radius 2 is 1.33 bits per heavy atom. The molecular formula is C26H37KO5S. The van der Waals surface area contributed by atoms with Gasteiger partial charge < -0.3 is 9.84 Å². The molecule has 0 saturated carbocycles. The largest absolute Gasteiger partial charge is 1.00 e. The first-order valence-corrected chi connectivity index (χ1v) is 13.4. The molecule has 0 spiro atoms. The van der Waals surface area contributed by atoms with Crippen LogP contribution in [-0.4, -0.2) is 13.0 Å². The van der Waals surface area contributed by atoms with Crippen LogP contribution in [0, 0.1) is 0 Å². The van der Waals surface area contributed by atoms with Gasteiger partial charge in [-0.1, -0.05) is 95.8 Å². The molecule has 0 amide bonds. The molecule has 2 aromatic rings. The van der Waals surface area contributed by atoms with Crippen molar-refractivity contribution in [2.75, 3.05) is 0 Å². The van der Waals surface area contributed by atoms with Crippen LogP contribution in [0.15, 0.2) is 47.4 Å². The van der Waals surface area contributed by atoms with Gasteiger partial charge in [0.25, 0.3) is 10.1 Å². The number of hydrogen-bond donors (Lipinski definition) is 1. The number of para-hydroxylation sites is 1. The van der Waals surface area contributed by atoms with E-state index in [4.69, 9.17) is 4.74 Å². The maximum atomic E-state index is 12.6. The first-order valence-electron chi connectivity index (χ1n) is 12.0. The van der Waals surface area contributed by atoms with Crippen molar-refractivity contribution in [1.29, 1.82) is 0 Å². The normalized spacial score (nSPS) is 11.2. The molecule has 178 valence electrons. The summed E-state index contributed by atoms with van der Waals surface area (Å²) in [5.74, 6) is 0.281. The van der Waals surface area contributed by atoms with E-state index in [9.17, 15) is 18.1 Å². The Kier molecular flexibility index (Phi) is 15.9. The number of ether oxygens (including phenoxy) is 1. The molecule has 2 rings (SSSR count). The molecule has 0 radical (unpaired) electrons. The Hall–Kier alpha value is -0.414. The van der Waals surface area contributed by atoms with Crippen LogP contribution in [-0.2, 0) is 16.5 Å². The SMILES string of the molecule is CCCCCCCCCCCCCCc1c([O-])cc(S(=O)(=O)O)cc1Oc1ccccc1.[K+]. The van der Waals surface area contributed by atoms with Gasteiger partial charge in [-0.15, -0.1) is 5.75 Å². The van der Waals surface area contributed by atoms with E-state index in [0.717, 1.165) is 25.3 Å². The van der Waals surface area contributed by atoms with Crippen LogP contribution in [0.25, 0.3) is 0 Å². The number of hydrogen-bond acceptors (Lipinski definition) is 4. The Labute approximate surface area is 242 Å². The fourth-order valence-corrected chi connectivity index (χ4v) is 4.35.